The lowest BCUT2D eigenvalue weighted by molar-refractivity contribution is -0.116. The molecule has 0 aliphatic carbocycles. The van der Waals surface area contributed by atoms with Crippen LogP contribution >= 0.6 is 11.6 Å². The number of halogens is 1. The van der Waals surface area contributed by atoms with E-state index in [9.17, 15) is 9.59 Å². The molecule has 0 aliphatic rings. The Kier molecular flexibility index (Phi) is 4.90. The second kappa shape index (κ2) is 7.66. The lowest BCUT2D eigenvalue weighted by atomic mass is 10.2. The summed E-state index contributed by atoms with van der Waals surface area (Å²) in [5.41, 5.74) is 1.35. The van der Waals surface area contributed by atoms with E-state index in [2.05, 4.69) is 15.4 Å². The molecule has 4 rings (SSSR count). The number of amides is 1. The molecular weight excluding hydrogens is 378 g/mol. The number of anilines is 1. The van der Waals surface area contributed by atoms with Gasteiger partial charge in [-0.25, -0.2) is 9.67 Å². The van der Waals surface area contributed by atoms with Gasteiger partial charge in [-0.3, -0.25) is 14.2 Å². The number of para-hydroxylation sites is 1. The Morgan fingerprint density at radius 3 is 2.68 bits per heavy atom. The van der Waals surface area contributed by atoms with Crippen LogP contribution in [0.3, 0.4) is 0 Å². The van der Waals surface area contributed by atoms with Crippen molar-refractivity contribution in [1.82, 2.24) is 19.3 Å². The molecule has 0 saturated heterocycles. The van der Waals surface area contributed by atoms with Crippen molar-refractivity contribution >= 4 is 34.2 Å². The molecule has 140 valence electrons. The van der Waals surface area contributed by atoms with Gasteiger partial charge in [-0.2, -0.15) is 5.10 Å². The van der Waals surface area contributed by atoms with Crippen molar-refractivity contribution in [3.63, 3.8) is 0 Å². The highest BCUT2D eigenvalue weighted by atomic mass is 35.5. The van der Waals surface area contributed by atoms with Gasteiger partial charge in [0.25, 0.3) is 5.56 Å². The maximum Gasteiger partial charge on any atom is 0.261 e. The molecule has 1 amide bonds. The van der Waals surface area contributed by atoms with Gasteiger partial charge in [0.15, 0.2) is 0 Å². The average molecular weight is 394 g/mol. The molecule has 0 atom stereocenters. The smallest absolute Gasteiger partial charge is 0.261 e. The highest BCUT2D eigenvalue weighted by Crippen LogP contribution is 2.13. The molecular formula is C20H16ClN5O2. The van der Waals surface area contributed by atoms with Crippen LogP contribution in [0.2, 0.25) is 5.02 Å². The van der Waals surface area contributed by atoms with E-state index in [0.717, 1.165) is 5.56 Å². The minimum atomic E-state index is -0.336. The lowest BCUT2D eigenvalue weighted by Crippen LogP contribution is -2.28. The number of nitrogens with one attached hydrogen (secondary N) is 1. The van der Waals surface area contributed by atoms with Crippen molar-refractivity contribution in [2.75, 3.05) is 5.32 Å². The molecule has 0 fully saturated rings. The van der Waals surface area contributed by atoms with Crippen molar-refractivity contribution in [2.45, 2.75) is 13.1 Å². The number of aromatic nitrogens is 4. The quantitative estimate of drug-likeness (QED) is 0.565. The number of nitrogens with zero attached hydrogens (tertiary/aromatic N) is 4. The van der Waals surface area contributed by atoms with Gasteiger partial charge in [0, 0.05) is 11.1 Å². The second-order valence-electron chi connectivity index (χ2n) is 6.24. The lowest BCUT2D eigenvalue weighted by Gasteiger charge is -2.10. The molecule has 0 spiro atoms. The van der Waals surface area contributed by atoms with E-state index >= 15 is 0 Å². The zero-order valence-corrected chi connectivity index (χ0v) is 15.5. The predicted molar refractivity (Wildman–Crippen MR) is 107 cm³/mol. The van der Waals surface area contributed by atoms with E-state index in [1.807, 2.05) is 18.2 Å². The van der Waals surface area contributed by atoms with Gasteiger partial charge in [0.1, 0.15) is 12.4 Å². The number of carbonyl (C=O) groups excluding carboxylic acids is 1. The molecule has 0 aliphatic heterocycles. The molecule has 28 heavy (non-hydrogen) atoms. The summed E-state index contributed by atoms with van der Waals surface area (Å²) in [6, 6.07) is 16.1. The first kappa shape index (κ1) is 17.9. The molecule has 4 aromatic rings. The van der Waals surface area contributed by atoms with E-state index in [1.165, 1.54) is 10.9 Å². The van der Waals surface area contributed by atoms with Crippen LogP contribution in [-0.2, 0) is 17.9 Å². The Hall–Kier alpha value is -3.45. The summed E-state index contributed by atoms with van der Waals surface area (Å²) in [7, 11) is 0. The third-order valence-corrected chi connectivity index (χ3v) is 4.53. The van der Waals surface area contributed by atoms with Crippen molar-refractivity contribution in [2.24, 2.45) is 0 Å². The summed E-state index contributed by atoms with van der Waals surface area (Å²) in [5.74, 6) is 0.207. The van der Waals surface area contributed by atoms with Crippen molar-refractivity contribution in [3.05, 3.63) is 88.1 Å². The third kappa shape index (κ3) is 3.79. The van der Waals surface area contributed by atoms with Gasteiger partial charge < -0.3 is 5.32 Å². The van der Waals surface area contributed by atoms with Crippen molar-refractivity contribution in [1.29, 1.82) is 0 Å². The number of hydrogen-bond acceptors (Lipinski definition) is 4. The molecule has 0 radical (unpaired) electrons. The fourth-order valence-electron chi connectivity index (χ4n) is 2.88. The van der Waals surface area contributed by atoms with E-state index in [4.69, 9.17) is 11.6 Å². The summed E-state index contributed by atoms with van der Waals surface area (Å²) in [4.78, 5) is 29.2. The minimum Gasteiger partial charge on any atom is -0.309 e. The Bertz CT molecular complexity index is 1200. The van der Waals surface area contributed by atoms with Crippen LogP contribution in [0.15, 0.2) is 71.9 Å². The fraction of sp³-hybridized carbons (Fsp3) is 0.100. The maximum atomic E-state index is 12.5. The Morgan fingerprint density at radius 2 is 1.86 bits per heavy atom. The normalized spacial score (nSPS) is 10.9. The summed E-state index contributed by atoms with van der Waals surface area (Å²) in [6.07, 6.45) is 2.99. The van der Waals surface area contributed by atoms with Gasteiger partial charge in [-0.1, -0.05) is 35.9 Å². The standard InChI is InChI=1S/C20H16ClN5O2/c21-15-7-5-14(6-8-15)11-26-18(9-10-23-26)24-19(27)12-25-13-22-17-4-2-1-3-16(17)20(25)28/h1-10,13H,11-12H2,(H,24,27). The van der Waals surface area contributed by atoms with Crippen LogP contribution in [0, 0.1) is 0 Å². The Labute approximate surface area is 165 Å². The van der Waals surface area contributed by atoms with E-state index < -0.39 is 0 Å². The van der Waals surface area contributed by atoms with E-state index in [-0.39, 0.29) is 18.0 Å². The van der Waals surface area contributed by atoms with E-state index in [1.54, 1.807) is 47.3 Å². The van der Waals surface area contributed by atoms with E-state index in [0.29, 0.717) is 28.3 Å². The summed E-state index contributed by atoms with van der Waals surface area (Å²) >= 11 is 5.91. The number of benzene rings is 2. The molecule has 2 heterocycles. The van der Waals surface area contributed by atoms with Crippen LogP contribution in [0.25, 0.3) is 10.9 Å². The van der Waals surface area contributed by atoms with Gasteiger partial charge in [0.2, 0.25) is 5.91 Å². The van der Waals surface area contributed by atoms with Gasteiger partial charge in [-0.05, 0) is 29.8 Å². The summed E-state index contributed by atoms with van der Waals surface area (Å²) < 4.78 is 2.96. The molecule has 0 saturated carbocycles. The number of carbonyl (C=O) groups is 1. The molecule has 1 N–H and O–H groups in total. The zero-order valence-electron chi connectivity index (χ0n) is 14.7. The predicted octanol–water partition coefficient (Wildman–Crippen LogP) is 2.93. The summed E-state index contributed by atoms with van der Waals surface area (Å²) in [5, 5.41) is 8.17. The van der Waals surface area contributed by atoms with Crippen LogP contribution in [-0.4, -0.2) is 25.2 Å². The highest BCUT2D eigenvalue weighted by Gasteiger charge is 2.11. The maximum absolute atomic E-state index is 12.5. The van der Waals surface area contributed by atoms with Crippen molar-refractivity contribution in [3.8, 4) is 0 Å². The van der Waals surface area contributed by atoms with Crippen LogP contribution in [0.1, 0.15) is 5.56 Å². The first-order valence-corrected chi connectivity index (χ1v) is 8.98. The molecule has 8 heteroatoms. The molecule has 7 nitrogen and oxygen atoms in total. The number of hydrogen-bond donors (Lipinski definition) is 1. The minimum absolute atomic E-state index is 0.136. The average Bonchev–Trinajstić information content (AvgIpc) is 3.12. The zero-order chi connectivity index (χ0) is 19.5. The fourth-order valence-corrected chi connectivity index (χ4v) is 3.01. The summed E-state index contributed by atoms with van der Waals surface area (Å²) in [6.45, 7) is 0.347. The van der Waals surface area contributed by atoms with Crippen LogP contribution in [0.5, 0.6) is 0 Å². The van der Waals surface area contributed by atoms with Crippen LogP contribution < -0.4 is 10.9 Å². The van der Waals surface area contributed by atoms with Gasteiger partial charge in [-0.15, -0.1) is 0 Å². The SMILES string of the molecule is O=C(Cn1cnc2ccccc2c1=O)Nc1ccnn1Cc1ccc(Cl)cc1. The molecule has 2 aromatic carbocycles. The third-order valence-electron chi connectivity index (χ3n) is 4.28. The largest absolute Gasteiger partial charge is 0.309 e. The monoisotopic (exact) mass is 393 g/mol. The van der Waals surface area contributed by atoms with Gasteiger partial charge >= 0.3 is 0 Å². The molecule has 0 unspecified atom stereocenters. The Balaban J connectivity index is 1.49. The second-order valence-corrected chi connectivity index (χ2v) is 6.68. The van der Waals surface area contributed by atoms with Gasteiger partial charge in [0.05, 0.1) is 30.0 Å². The highest BCUT2D eigenvalue weighted by molar-refractivity contribution is 6.30. The molecule has 0 bridgehead atoms. The number of rotatable bonds is 5. The number of fused-ring (bicyclic) bond motifs is 1. The first-order valence-electron chi connectivity index (χ1n) is 8.60. The Morgan fingerprint density at radius 1 is 1.07 bits per heavy atom. The molecule has 2 aromatic heterocycles. The first-order chi connectivity index (χ1) is 13.6. The van der Waals surface area contributed by atoms with Crippen molar-refractivity contribution < 1.29 is 4.79 Å². The topological polar surface area (TPSA) is 81.8 Å². The van der Waals surface area contributed by atoms with Crippen LogP contribution in [0.4, 0.5) is 5.82 Å².